The van der Waals surface area contributed by atoms with E-state index in [1.54, 1.807) is 0 Å². The van der Waals surface area contributed by atoms with Gasteiger partial charge in [-0.15, -0.1) is 0 Å². The van der Waals surface area contributed by atoms with Crippen LogP contribution >= 0.6 is 0 Å². The summed E-state index contributed by atoms with van der Waals surface area (Å²) in [7, 11) is 0. The van der Waals surface area contributed by atoms with Crippen molar-refractivity contribution in [2.75, 3.05) is 0 Å². The molecule has 0 spiro atoms. The van der Waals surface area contributed by atoms with Crippen LogP contribution in [-0.4, -0.2) is 19.9 Å². The fourth-order valence-corrected chi connectivity index (χ4v) is 4.83. The quantitative estimate of drug-likeness (QED) is 0.272. The number of nitrogens with zero attached hydrogens (tertiary/aromatic N) is 4. The van der Waals surface area contributed by atoms with Crippen LogP contribution in [0.15, 0.2) is 146 Å². The first-order valence-corrected chi connectivity index (χ1v) is 13.2. The minimum atomic E-state index is 0. The number of benzene rings is 4. The van der Waals surface area contributed by atoms with E-state index in [-0.39, 0.29) is 44.6 Å². The number of hydrogen-bond acceptors (Lipinski definition) is 4. The molecule has 0 aliphatic heterocycles. The maximum Gasteiger partial charge on any atom is 6.00 e. The summed E-state index contributed by atoms with van der Waals surface area (Å²) >= 11 is 0. The minimum absolute atomic E-state index is 0. The number of halogens is 2. The molecule has 0 radical (unpaired) electrons. The van der Waals surface area contributed by atoms with Gasteiger partial charge in [-0.1, -0.05) is 97.1 Å². The third-order valence-electron chi connectivity index (χ3n) is 6.92. The molecule has 0 atom stereocenters. The molecular weight excluding hydrogens is 750 g/mol. The van der Waals surface area contributed by atoms with E-state index in [9.17, 15) is 0 Å². The average Bonchev–Trinajstić information content (AvgIpc) is 3.04. The molecule has 8 rings (SSSR count). The van der Waals surface area contributed by atoms with Crippen molar-refractivity contribution in [3.8, 4) is 22.8 Å². The Labute approximate surface area is 275 Å². The monoisotopic (exact) mass is 774 g/mol. The van der Waals surface area contributed by atoms with Gasteiger partial charge >= 0.3 is 19.8 Å². The number of fused-ring (bicyclic) bond motifs is 4. The zero-order valence-corrected chi connectivity index (χ0v) is 26.8. The molecule has 43 heavy (non-hydrogen) atoms. The second kappa shape index (κ2) is 14.3. The minimum Gasteiger partial charge on any atom is -1.00 e. The third kappa shape index (κ3) is 6.87. The average molecular weight is 774 g/mol. The van der Waals surface area contributed by atoms with Gasteiger partial charge in [-0.3, -0.25) is 0 Å². The van der Waals surface area contributed by atoms with Crippen LogP contribution in [0.1, 0.15) is 0 Å². The first-order chi connectivity index (χ1) is 19.8. The molecule has 7 heteroatoms. The Balaban J connectivity index is 0.000000184. The van der Waals surface area contributed by atoms with Crippen LogP contribution in [0, 0.1) is 0 Å². The molecule has 4 aromatic carbocycles. The number of para-hydroxylation sites is 4. The van der Waals surface area contributed by atoms with Gasteiger partial charge in [0.05, 0.1) is 44.8 Å². The second-order valence-electron chi connectivity index (χ2n) is 9.56. The Morgan fingerprint density at radius 1 is 0.256 bits per heavy atom. The number of hydrogen-bond donors (Lipinski definition) is 0. The summed E-state index contributed by atoms with van der Waals surface area (Å²) in [5.41, 5.74) is 7.65. The van der Waals surface area contributed by atoms with Gasteiger partial charge < -0.3 is 24.8 Å². The zero-order valence-electron chi connectivity index (χ0n) is 22.8. The summed E-state index contributed by atoms with van der Waals surface area (Å²) < 4.78 is 0. The van der Waals surface area contributed by atoms with Gasteiger partial charge in [0, 0.05) is 21.5 Å². The van der Waals surface area contributed by atoms with E-state index in [1.807, 2.05) is 97.1 Å². The van der Waals surface area contributed by atoms with Crippen molar-refractivity contribution in [2.24, 2.45) is 0 Å². The van der Waals surface area contributed by atoms with E-state index in [0.717, 1.165) is 66.4 Å². The van der Waals surface area contributed by atoms with E-state index in [2.05, 4.69) is 68.5 Å². The van der Waals surface area contributed by atoms with Crippen LogP contribution in [0.2, 0.25) is 0 Å². The van der Waals surface area contributed by atoms with Crippen molar-refractivity contribution >= 4 is 43.6 Å². The van der Waals surface area contributed by atoms with Crippen LogP contribution in [-0.2, 0) is 19.8 Å². The molecule has 0 N–H and O–H groups in total. The Morgan fingerprint density at radius 2 is 0.465 bits per heavy atom. The predicted octanol–water partition coefficient (Wildman–Crippen LogP) is 2.91. The molecule has 0 unspecified atom stereocenters. The molecule has 0 aliphatic carbocycles. The van der Waals surface area contributed by atoms with E-state index in [0.29, 0.717) is 0 Å². The van der Waals surface area contributed by atoms with Gasteiger partial charge in [0.2, 0.25) is 0 Å². The van der Waals surface area contributed by atoms with Crippen molar-refractivity contribution in [1.82, 2.24) is 19.9 Å². The first-order valence-electron chi connectivity index (χ1n) is 13.2. The summed E-state index contributed by atoms with van der Waals surface area (Å²) in [4.78, 5) is 18.8. The molecule has 4 heterocycles. The van der Waals surface area contributed by atoms with Crippen molar-refractivity contribution < 1.29 is 44.6 Å². The topological polar surface area (TPSA) is 51.6 Å². The zero-order chi connectivity index (χ0) is 26.7. The molecule has 0 saturated heterocycles. The molecule has 0 amide bonds. The van der Waals surface area contributed by atoms with Gasteiger partial charge in [0.15, 0.2) is 0 Å². The van der Waals surface area contributed by atoms with E-state index in [4.69, 9.17) is 0 Å². The molecule has 0 fully saturated rings. The van der Waals surface area contributed by atoms with E-state index < -0.39 is 0 Å². The molecule has 206 valence electrons. The number of rotatable bonds is 2. The fraction of sp³-hybridized carbons (Fsp3) is 0. The van der Waals surface area contributed by atoms with Crippen LogP contribution in [0.3, 0.4) is 0 Å². The molecule has 0 saturated carbocycles. The maximum atomic E-state index is 4.69. The standard InChI is InChI=1S/2C18H12N2.2ClH.Os/c2*1-3-7-15-13(5-1)9-11-17(19-15)18-12-10-14-6-2-4-8-16(14)20-18;;;/h2*1-12H;2*1H;/q;;;;+6/p-2. The van der Waals surface area contributed by atoms with Crippen molar-refractivity contribution in [1.29, 1.82) is 0 Å². The van der Waals surface area contributed by atoms with Crippen molar-refractivity contribution in [2.45, 2.75) is 0 Å². The van der Waals surface area contributed by atoms with Crippen molar-refractivity contribution in [3.05, 3.63) is 146 Å². The third-order valence-corrected chi connectivity index (χ3v) is 6.92. The van der Waals surface area contributed by atoms with Crippen LogP contribution in [0.25, 0.3) is 66.4 Å². The SMILES string of the molecule is [Cl-].[Cl-].[Os+6].c1ccc2nc(-c3ccc4ccccc4n3)ccc2c1.c1ccc2nc(-c3ccc4ccccc4n3)ccc2c1. The first kappa shape index (κ1) is 31.7. The Bertz CT molecular complexity index is 1840. The van der Waals surface area contributed by atoms with Crippen LogP contribution in [0.5, 0.6) is 0 Å². The Morgan fingerprint density at radius 3 is 0.698 bits per heavy atom. The van der Waals surface area contributed by atoms with E-state index >= 15 is 0 Å². The van der Waals surface area contributed by atoms with Gasteiger partial charge in [-0.05, 0) is 48.5 Å². The molecule has 4 aromatic heterocycles. The molecule has 4 nitrogen and oxygen atoms in total. The molecule has 0 bridgehead atoms. The Hall–Kier alpha value is -4.26. The van der Waals surface area contributed by atoms with Gasteiger partial charge in [0.1, 0.15) is 0 Å². The largest absolute Gasteiger partial charge is 6.00 e. The summed E-state index contributed by atoms with van der Waals surface area (Å²) in [6.45, 7) is 0. The van der Waals surface area contributed by atoms with Crippen LogP contribution in [0.4, 0.5) is 0 Å². The van der Waals surface area contributed by atoms with Gasteiger partial charge in [-0.2, -0.15) is 0 Å². The van der Waals surface area contributed by atoms with Gasteiger partial charge in [-0.25, -0.2) is 19.9 Å². The second-order valence-corrected chi connectivity index (χ2v) is 9.56. The maximum absolute atomic E-state index is 4.69. The summed E-state index contributed by atoms with van der Waals surface area (Å²) in [5.74, 6) is 0. The molecule has 8 aromatic rings. The van der Waals surface area contributed by atoms with Gasteiger partial charge in [0.25, 0.3) is 0 Å². The number of pyridine rings is 4. The normalized spacial score (nSPS) is 10.2. The van der Waals surface area contributed by atoms with E-state index in [1.165, 1.54) is 0 Å². The molecular formula is C36H24Cl2N4Os+4. The summed E-state index contributed by atoms with van der Waals surface area (Å²) in [6.07, 6.45) is 0. The molecule has 0 aliphatic rings. The number of aromatic nitrogens is 4. The summed E-state index contributed by atoms with van der Waals surface area (Å²) in [5, 5.41) is 4.60. The van der Waals surface area contributed by atoms with Crippen LogP contribution < -0.4 is 24.8 Å². The smallest absolute Gasteiger partial charge is 1.00 e. The Kier molecular flexibility index (Phi) is 10.5. The summed E-state index contributed by atoms with van der Waals surface area (Å²) in [6, 6.07) is 49.0. The van der Waals surface area contributed by atoms with Crippen molar-refractivity contribution in [3.63, 3.8) is 0 Å². The predicted molar refractivity (Wildman–Crippen MR) is 165 cm³/mol. The fourth-order valence-electron chi connectivity index (χ4n) is 4.83.